The van der Waals surface area contributed by atoms with Crippen molar-refractivity contribution in [1.29, 1.82) is 0 Å². The van der Waals surface area contributed by atoms with Gasteiger partial charge >= 0.3 is 0 Å². The third kappa shape index (κ3) is 8.86. The fourth-order valence-corrected chi connectivity index (χ4v) is 5.40. The SMILES string of the molecule is CCOC[C@H](CC(=O)[C@@H]1CCC[C@H](C(=O)N(CC(C)C)c2cc(OC)c(C(C)C)cn2)C1)CC(C)C. The Morgan fingerprint density at radius 3 is 2.36 bits per heavy atom. The molecule has 0 bridgehead atoms. The van der Waals surface area contributed by atoms with Crippen LogP contribution < -0.4 is 9.64 Å². The fraction of sp³-hybridized carbons (Fsp3) is 0.767. The van der Waals surface area contributed by atoms with Gasteiger partial charge in [-0.05, 0) is 56.3 Å². The summed E-state index contributed by atoms with van der Waals surface area (Å²) in [6.07, 6.45) is 6.62. The zero-order chi connectivity index (χ0) is 26.8. The molecular weight excluding hydrogens is 452 g/mol. The van der Waals surface area contributed by atoms with Crippen molar-refractivity contribution in [3.8, 4) is 5.75 Å². The summed E-state index contributed by atoms with van der Waals surface area (Å²) in [5, 5.41) is 0. The van der Waals surface area contributed by atoms with Gasteiger partial charge in [0.25, 0.3) is 0 Å². The van der Waals surface area contributed by atoms with Gasteiger partial charge in [-0.15, -0.1) is 0 Å². The van der Waals surface area contributed by atoms with Gasteiger partial charge in [0.05, 0.1) is 7.11 Å². The zero-order valence-corrected chi connectivity index (χ0v) is 24.0. The summed E-state index contributed by atoms with van der Waals surface area (Å²) in [5.74, 6) is 2.94. The van der Waals surface area contributed by atoms with Crippen LogP contribution >= 0.6 is 0 Å². The summed E-state index contributed by atoms with van der Waals surface area (Å²) in [4.78, 5) is 33.7. The number of ketones is 1. The van der Waals surface area contributed by atoms with E-state index in [0.29, 0.717) is 56.0 Å². The van der Waals surface area contributed by atoms with Crippen molar-refractivity contribution in [3.05, 3.63) is 17.8 Å². The second-order valence-electron chi connectivity index (χ2n) is 11.7. The maximum absolute atomic E-state index is 13.8. The number of nitrogens with zero attached hydrogens (tertiary/aromatic N) is 2. The first-order valence-electron chi connectivity index (χ1n) is 14.0. The van der Waals surface area contributed by atoms with E-state index in [0.717, 1.165) is 37.0 Å². The Hall–Kier alpha value is -1.95. The van der Waals surface area contributed by atoms with Gasteiger partial charge in [-0.1, -0.05) is 48.0 Å². The van der Waals surface area contributed by atoms with E-state index in [4.69, 9.17) is 9.47 Å². The van der Waals surface area contributed by atoms with E-state index in [2.05, 4.69) is 46.5 Å². The van der Waals surface area contributed by atoms with Gasteiger partial charge < -0.3 is 9.47 Å². The quantitative estimate of drug-likeness (QED) is 0.284. The van der Waals surface area contributed by atoms with Gasteiger partial charge in [0.2, 0.25) is 5.91 Å². The summed E-state index contributed by atoms with van der Waals surface area (Å²) in [6, 6.07) is 1.89. The molecule has 0 saturated heterocycles. The molecule has 0 unspecified atom stereocenters. The molecule has 1 fully saturated rings. The first-order valence-corrected chi connectivity index (χ1v) is 14.0. The number of amides is 1. The maximum Gasteiger partial charge on any atom is 0.231 e. The molecular formula is C30H50N2O4. The first-order chi connectivity index (χ1) is 17.1. The van der Waals surface area contributed by atoms with Crippen molar-refractivity contribution in [2.75, 3.05) is 31.8 Å². The lowest BCUT2D eigenvalue weighted by molar-refractivity contribution is -0.128. The van der Waals surface area contributed by atoms with E-state index in [1.54, 1.807) is 7.11 Å². The third-order valence-corrected chi connectivity index (χ3v) is 7.14. The summed E-state index contributed by atoms with van der Waals surface area (Å²) < 4.78 is 11.3. The average Bonchev–Trinajstić information content (AvgIpc) is 2.84. The maximum atomic E-state index is 13.8. The highest BCUT2D eigenvalue weighted by Crippen LogP contribution is 2.35. The number of anilines is 1. The minimum atomic E-state index is -0.153. The minimum absolute atomic E-state index is 0.0456. The van der Waals surface area contributed by atoms with E-state index in [1.165, 1.54) is 0 Å². The lowest BCUT2D eigenvalue weighted by Gasteiger charge is -2.33. The molecule has 1 aromatic heterocycles. The van der Waals surface area contributed by atoms with E-state index in [9.17, 15) is 9.59 Å². The molecule has 3 atom stereocenters. The number of rotatable bonds is 14. The second kappa shape index (κ2) is 14.7. The molecule has 0 aromatic carbocycles. The number of carbonyl (C=O) groups excluding carboxylic acids is 2. The molecule has 1 saturated carbocycles. The molecule has 0 N–H and O–H groups in total. The van der Waals surface area contributed by atoms with Gasteiger partial charge in [-0.3, -0.25) is 14.5 Å². The smallest absolute Gasteiger partial charge is 0.231 e. The van der Waals surface area contributed by atoms with Gasteiger partial charge in [-0.25, -0.2) is 4.98 Å². The number of pyridine rings is 1. The highest BCUT2D eigenvalue weighted by Gasteiger charge is 2.35. The second-order valence-corrected chi connectivity index (χ2v) is 11.7. The lowest BCUT2D eigenvalue weighted by atomic mass is 9.76. The van der Waals surface area contributed by atoms with Crippen LogP contribution in [0, 0.1) is 29.6 Å². The molecule has 0 radical (unpaired) electrons. The molecule has 2 rings (SSSR count). The lowest BCUT2D eigenvalue weighted by Crippen LogP contribution is -2.41. The molecule has 6 nitrogen and oxygen atoms in total. The van der Waals surface area contributed by atoms with Crippen LogP contribution in [0.5, 0.6) is 5.75 Å². The normalized spacial score (nSPS) is 19.1. The summed E-state index contributed by atoms with van der Waals surface area (Å²) >= 11 is 0. The van der Waals surface area contributed by atoms with Crippen molar-refractivity contribution in [1.82, 2.24) is 4.98 Å². The first kappa shape index (κ1) is 30.3. The molecule has 1 aliphatic rings. The standard InChI is InChI=1S/C30H50N2O4/c1-9-36-19-23(13-20(2)3)14-27(33)24-11-10-12-25(15-24)30(34)32(18-21(4)5)29-16-28(35-8)26(17-31-29)22(6)7/h16-17,20-25H,9-15,18-19H2,1-8H3/t23-,24+,25-/m0/s1. The predicted octanol–water partition coefficient (Wildman–Crippen LogP) is 6.67. The number of carbonyl (C=O) groups is 2. The Morgan fingerprint density at radius 1 is 1.08 bits per heavy atom. The van der Waals surface area contributed by atoms with E-state index >= 15 is 0 Å². The largest absolute Gasteiger partial charge is 0.496 e. The van der Waals surface area contributed by atoms with Crippen LogP contribution in [-0.4, -0.2) is 43.5 Å². The molecule has 1 heterocycles. The molecule has 1 aromatic rings. The van der Waals surface area contributed by atoms with Crippen molar-refractivity contribution >= 4 is 17.5 Å². The van der Waals surface area contributed by atoms with Crippen LogP contribution in [0.4, 0.5) is 5.82 Å². The molecule has 204 valence electrons. The number of hydrogen-bond acceptors (Lipinski definition) is 5. The van der Waals surface area contributed by atoms with Crippen LogP contribution in [0.15, 0.2) is 12.3 Å². The molecule has 36 heavy (non-hydrogen) atoms. The molecule has 1 aliphatic carbocycles. The highest BCUT2D eigenvalue weighted by atomic mass is 16.5. The molecule has 6 heteroatoms. The van der Waals surface area contributed by atoms with Crippen molar-refractivity contribution in [3.63, 3.8) is 0 Å². The number of aromatic nitrogens is 1. The van der Waals surface area contributed by atoms with Gasteiger partial charge in [0.1, 0.15) is 17.4 Å². The molecule has 0 aliphatic heterocycles. The Balaban J connectivity index is 2.18. The van der Waals surface area contributed by atoms with Crippen LogP contribution in [0.25, 0.3) is 0 Å². The molecule has 0 spiro atoms. The predicted molar refractivity (Wildman–Crippen MR) is 147 cm³/mol. The van der Waals surface area contributed by atoms with Crippen molar-refractivity contribution < 1.29 is 19.1 Å². The number of Topliss-reactive ketones (excluding diaryl/α,β-unsaturated/α-hetero) is 1. The van der Waals surface area contributed by atoms with Crippen LogP contribution in [0.2, 0.25) is 0 Å². The van der Waals surface area contributed by atoms with E-state index < -0.39 is 0 Å². The fourth-order valence-electron chi connectivity index (χ4n) is 5.40. The summed E-state index contributed by atoms with van der Waals surface area (Å²) in [6.45, 7) is 16.7. The van der Waals surface area contributed by atoms with E-state index in [1.807, 2.05) is 24.1 Å². The number of hydrogen-bond donors (Lipinski definition) is 0. The Labute approximate surface area is 219 Å². The summed E-state index contributed by atoms with van der Waals surface area (Å²) in [5.41, 5.74) is 1.03. The topological polar surface area (TPSA) is 68.7 Å². The van der Waals surface area contributed by atoms with Crippen LogP contribution in [0.1, 0.15) is 98.5 Å². The Bertz CT molecular complexity index is 836. The van der Waals surface area contributed by atoms with Crippen LogP contribution in [0.3, 0.4) is 0 Å². The van der Waals surface area contributed by atoms with E-state index in [-0.39, 0.29) is 29.6 Å². The average molecular weight is 503 g/mol. The monoisotopic (exact) mass is 502 g/mol. The van der Waals surface area contributed by atoms with Crippen molar-refractivity contribution in [2.45, 2.75) is 92.9 Å². The number of methoxy groups -OCH3 is 1. The van der Waals surface area contributed by atoms with Crippen LogP contribution in [-0.2, 0) is 14.3 Å². The van der Waals surface area contributed by atoms with Gasteiger partial charge in [0.15, 0.2) is 0 Å². The molecule has 1 amide bonds. The van der Waals surface area contributed by atoms with Gasteiger partial charge in [0, 0.05) is 55.8 Å². The number of ether oxygens (including phenoxy) is 2. The Kier molecular flexibility index (Phi) is 12.4. The Morgan fingerprint density at radius 2 is 1.78 bits per heavy atom. The van der Waals surface area contributed by atoms with Crippen molar-refractivity contribution in [2.24, 2.45) is 29.6 Å². The summed E-state index contributed by atoms with van der Waals surface area (Å²) in [7, 11) is 1.66. The zero-order valence-electron chi connectivity index (χ0n) is 24.0. The highest BCUT2D eigenvalue weighted by molar-refractivity contribution is 5.95. The third-order valence-electron chi connectivity index (χ3n) is 7.14. The van der Waals surface area contributed by atoms with Gasteiger partial charge in [-0.2, -0.15) is 0 Å². The minimum Gasteiger partial charge on any atom is -0.496 e.